The third kappa shape index (κ3) is 4.30. The number of nitro groups is 1. The average molecular weight is 400 g/mol. The molecule has 2 aromatic carbocycles. The third-order valence-corrected chi connectivity index (χ3v) is 5.21. The SMILES string of the molecule is O=C(NC[C@H](c1ccc2c(c1)OCO2)[NH+]1CCOCC1)c1cccc([N+](=O)[O-])c1. The topological polar surface area (TPSA) is 104 Å². The minimum Gasteiger partial charge on any atom is -0.454 e. The van der Waals surface area contributed by atoms with Crippen LogP contribution in [-0.4, -0.2) is 50.5 Å². The number of nitrogens with one attached hydrogen (secondary N) is 2. The first kappa shape index (κ1) is 19.2. The summed E-state index contributed by atoms with van der Waals surface area (Å²) >= 11 is 0. The van der Waals surface area contributed by atoms with Gasteiger partial charge in [0.05, 0.1) is 24.7 Å². The number of non-ortho nitro benzene ring substituents is 1. The molecule has 2 N–H and O–H groups in total. The molecule has 1 saturated heterocycles. The first-order chi connectivity index (χ1) is 14.1. The van der Waals surface area contributed by atoms with E-state index in [9.17, 15) is 14.9 Å². The number of morpholine rings is 1. The molecule has 0 unspecified atom stereocenters. The molecule has 0 spiro atoms. The van der Waals surface area contributed by atoms with Gasteiger partial charge in [-0.3, -0.25) is 14.9 Å². The number of nitro benzene ring substituents is 1. The van der Waals surface area contributed by atoms with Gasteiger partial charge in [0, 0.05) is 23.3 Å². The van der Waals surface area contributed by atoms with Gasteiger partial charge in [-0.15, -0.1) is 0 Å². The Morgan fingerprint density at radius 1 is 1.14 bits per heavy atom. The number of rotatable bonds is 6. The van der Waals surface area contributed by atoms with Crippen LogP contribution in [-0.2, 0) is 4.74 Å². The standard InChI is InChI=1S/C20H21N3O6/c24-20(15-2-1-3-16(10-15)23(25)26)21-12-17(22-6-8-27-9-7-22)14-4-5-18-19(11-14)29-13-28-18/h1-5,10-11,17H,6-9,12-13H2,(H,21,24)/p+1/t17-/m1/s1. The molecule has 2 aromatic rings. The van der Waals surface area contributed by atoms with Crippen LogP contribution in [0.2, 0.25) is 0 Å². The van der Waals surface area contributed by atoms with Gasteiger partial charge in [-0.2, -0.15) is 0 Å². The smallest absolute Gasteiger partial charge is 0.270 e. The number of ether oxygens (including phenoxy) is 3. The lowest BCUT2D eigenvalue weighted by molar-refractivity contribution is -0.937. The molecule has 1 atom stereocenters. The van der Waals surface area contributed by atoms with E-state index in [0.29, 0.717) is 31.3 Å². The fourth-order valence-corrected chi connectivity index (χ4v) is 3.67. The van der Waals surface area contributed by atoms with Crippen LogP contribution < -0.4 is 19.7 Å². The number of carbonyl (C=O) groups is 1. The van der Waals surface area contributed by atoms with Gasteiger partial charge in [0.15, 0.2) is 11.5 Å². The Hall–Kier alpha value is -3.17. The number of nitrogens with zero attached hydrogens (tertiary/aromatic N) is 1. The Morgan fingerprint density at radius 2 is 1.93 bits per heavy atom. The molecular formula is C20H22N3O6+. The Labute approximate surface area is 167 Å². The van der Waals surface area contributed by atoms with Gasteiger partial charge in [0.2, 0.25) is 6.79 Å². The van der Waals surface area contributed by atoms with E-state index < -0.39 is 4.92 Å². The molecule has 0 radical (unpaired) electrons. The summed E-state index contributed by atoms with van der Waals surface area (Å²) in [4.78, 5) is 24.4. The highest BCUT2D eigenvalue weighted by atomic mass is 16.7. The lowest BCUT2D eigenvalue weighted by atomic mass is 10.0. The highest BCUT2D eigenvalue weighted by Crippen LogP contribution is 2.33. The highest BCUT2D eigenvalue weighted by molar-refractivity contribution is 5.94. The van der Waals surface area contributed by atoms with E-state index in [1.165, 1.54) is 23.1 Å². The van der Waals surface area contributed by atoms with E-state index in [1.54, 1.807) is 6.07 Å². The zero-order chi connectivity index (χ0) is 20.2. The number of amides is 1. The molecule has 0 aromatic heterocycles. The quantitative estimate of drug-likeness (QED) is 0.547. The molecule has 4 rings (SSSR count). The number of carbonyl (C=O) groups excluding carboxylic acids is 1. The minimum atomic E-state index is -0.510. The summed E-state index contributed by atoms with van der Waals surface area (Å²) in [6, 6.07) is 11.5. The molecular weight excluding hydrogens is 378 g/mol. The monoisotopic (exact) mass is 400 g/mol. The Bertz CT molecular complexity index is 913. The summed E-state index contributed by atoms with van der Waals surface area (Å²) in [6.45, 7) is 3.57. The molecule has 9 nitrogen and oxygen atoms in total. The number of benzene rings is 2. The van der Waals surface area contributed by atoms with Crippen molar-refractivity contribution in [2.24, 2.45) is 0 Å². The summed E-state index contributed by atoms with van der Waals surface area (Å²) in [5.41, 5.74) is 1.19. The summed E-state index contributed by atoms with van der Waals surface area (Å²) in [6.07, 6.45) is 0. The fourth-order valence-electron chi connectivity index (χ4n) is 3.67. The molecule has 0 saturated carbocycles. The first-order valence-electron chi connectivity index (χ1n) is 9.46. The van der Waals surface area contributed by atoms with Crippen molar-refractivity contribution in [3.8, 4) is 11.5 Å². The fraction of sp³-hybridized carbons (Fsp3) is 0.350. The second-order valence-corrected chi connectivity index (χ2v) is 6.95. The van der Waals surface area contributed by atoms with E-state index in [0.717, 1.165) is 18.7 Å². The molecule has 9 heteroatoms. The molecule has 2 heterocycles. The normalized spacial score (nSPS) is 17.0. The molecule has 2 aliphatic rings. The van der Waals surface area contributed by atoms with Gasteiger partial charge in [0.25, 0.3) is 11.6 Å². The number of hydrogen-bond donors (Lipinski definition) is 2. The number of quaternary nitrogens is 1. The third-order valence-electron chi connectivity index (χ3n) is 5.21. The molecule has 1 fully saturated rings. The van der Waals surface area contributed by atoms with Gasteiger partial charge in [0.1, 0.15) is 19.1 Å². The molecule has 1 amide bonds. The van der Waals surface area contributed by atoms with Crippen molar-refractivity contribution in [2.45, 2.75) is 6.04 Å². The van der Waals surface area contributed by atoms with Crippen LogP contribution in [0.4, 0.5) is 5.69 Å². The Balaban J connectivity index is 1.52. The molecule has 29 heavy (non-hydrogen) atoms. The van der Waals surface area contributed by atoms with Gasteiger partial charge in [-0.1, -0.05) is 6.07 Å². The average Bonchev–Trinajstić information content (AvgIpc) is 3.22. The summed E-state index contributed by atoms with van der Waals surface area (Å²) in [5, 5.41) is 13.9. The predicted molar refractivity (Wildman–Crippen MR) is 102 cm³/mol. The van der Waals surface area contributed by atoms with Crippen molar-refractivity contribution >= 4 is 11.6 Å². The van der Waals surface area contributed by atoms with Crippen LogP contribution in [0.5, 0.6) is 11.5 Å². The highest BCUT2D eigenvalue weighted by Gasteiger charge is 2.29. The van der Waals surface area contributed by atoms with Crippen molar-refractivity contribution < 1.29 is 28.8 Å². The zero-order valence-corrected chi connectivity index (χ0v) is 15.8. The molecule has 0 bridgehead atoms. The maximum atomic E-state index is 12.6. The van der Waals surface area contributed by atoms with Crippen molar-refractivity contribution in [3.05, 3.63) is 63.7 Å². The van der Waals surface area contributed by atoms with Gasteiger partial charge in [-0.05, 0) is 24.3 Å². The first-order valence-corrected chi connectivity index (χ1v) is 9.46. The zero-order valence-electron chi connectivity index (χ0n) is 15.8. The predicted octanol–water partition coefficient (Wildman–Crippen LogP) is 0.710. The van der Waals surface area contributed by atoms with Crippen LogP contribution in [0.15, 0.2) is 42.5 Å². The lowest BCUT2D eigenvalue weighted by Gasteiger charge is -2.32. The summed E-state index contributed by atoms with van der Waals surface area (Å²) in [7, 11) is 0. The maximum Gasteiger partial charge on any atom is 0.270 e. The molecule has 0 aliphatic carbocycles. The lowest BCUT2D eigenvalue weighted by Crippen LogP contribution is -3.15. The van der Waals surface area contributed by atoms with E-state index in [1.807, 2.05) is 18.2 Å². The van der Waals surface area contributed by atoms with Crippen molar-refractivity contribution in [3.63, 3.8) is 0 Å². The van der Waals surface area contributed by atoms with Crippen molar-refractivity contribution in [1.82, 2.24) is 5.32 Å². The Kier molecular flexibility index (Phi) is 5.59. The van der Waals surface area contributed by atoms with E-state index in [4.69, 9.17) is 14.2 Å². The van der Waals surface area contributed by atoms with Gasteiger partial charge >= 0.3 is 0 Å². The number of fused-ring (bicyclic) bond motifs is 1. The van der Waals surface area contributed by atoms with Crippen LogP contribution in [0.25, 0.3) is 0 Å². The summed E-state index contributed by atoms with van der Waals surface area (Å²) in [5.74, 6) is 1.07. The maximum absolute atomic E-state index is 12.6. The van der Waals surface area contributed by atoms with E-state index in [2.05, 4.69) is 5.32 Å². The van der Waals surface area contributed by atoms with Crippen LogP contribution in [0, 0.1) is 10.1 Å². The minimum absolute atomic E-state index is 0.00366. The summed E-state index contributed by atoms with van der Waals surface area (Å²) < 4.78 is 16.4. The number of hydrogen-bond acceptors (Lipinski definition) is 6. The van der Waals surface area contributed by atoms with E-state index in [-0.39, 0.29) is 30.0 Å². The second kappa shape index (κ2) is 8.46. The van der Waals surface area contributed by atoms with Crippen LogP contribution in [0.1, 0.15) is 22.0 Å². The van der Waals surface area contributed by atoms with Crippen LogP contribution >= 0.6 is 0 Å². The van der Waals surface area contributed by atoms with E-state index >= 15 is 0 Å². The van der Waals surface area contributed by atoms with Crippen molar-refractivity contribution in [2.75, 3.05) is 39.6 Å². The second-order valence-electron chi connectivity index (χ2n) is 6.95. The van der Waals surface area contributed by atoms with Gasteiger partial charge < -0.3 is 24.4 Å². The largest absolute Gasteiger partial charge is 0.454 e. The van der Waals surface area contributed by atoms with Crippen LogP contribution in [0.3, 0.4) is 0 Å². The molecule has 2 aliphatic heterocycles. The van der Waals surface area contributed by atoms with Gasteiger partial charge in [-0.25, -0.2) is 0 Å². The Morgan fingerprint density at radius 3 is 2.72 bits per heavy atom. The van der Waals surface area contributed by atoms with Crippen molar-refractivity contribution in [1.29, 1.82) is 0 Å². The molecule has 152 valence electrons.